The van der Waals surface area contributed by atoms with Gasteiger partial charge in [-0.2, -0.15) is 0 Å². The van der Waals surface area contributed by atoms with E-state index in [0.717, 1.165) is 16.0 Å². The van der Waals surface area contributed by atoms with Gasteiger partial charge in [-0.3, -0.25) is 9.59 Å². The van der Waals surface area contributed by atoms with E-state index >= 15 is 0 Å². The maximum atomic E-state index is 12.8. The molecule has 150 valence electrons. The van der Waals surface area contributed by atoms with Gasteiger partial charge in [-0.15, -0.1) is 11.3 Å². The molecule has 0 aliphatic carbocycles. The van der Waals surface area contributed by atoms with Gasteiger partial charge in [-0.25, -0.2) is 0 Å². The maximum Gasteiger partial charge on any atom is 0.247 e. The number of carbonyl (C=O) groups excluding carboxylic acids is 2. The molecule has 0 saturated heterocycles. The Hall–Kier alpha value is -2.58. The first-order valence-electron chi connectivity index (χ1n) is 9.00. The van der Waals surface area contributed by atoms with Gasteiger partial charge in [0.05, 0.1) is 20.3 Å². The Bertz CT molecular complexity index is 879. The van der Waals surface area contributed by atoms with E-state index in [1.54, 1.807) is 23.3 Å². The quantitative estimate of drug-likeness (QED) is 0.795. The highest BCUT2D eigenvalue weighted by Crippen LogP contribution is 2.40. The molecular formula is C20H24N2O5S. The predicted octanol–water partition coefficient (Wildman–Crippen LogP) is 1.95. The lowest BCUT2D eigenvalue weighted by molar-refractivity contribution is -0.137. The second-order valence-electron chi connectivity index (χ2n) is 6.62. The smallest absolute Gasteiger partial charge is 0.247 e. The Kier molecular flexibility index (Phi) is 6.21. The minimum absolute atomic E-state index is 0.296. The third-order valence-electron chi connectivity index (χ3n) is 4.52. The Balaban J connectivity index is 1.94. The number of hydrogen-bond donors (Lipinski definition) is 2. The fourth-order valence-corrected chi connectivity index (χ4v) is 4.06. The summed E-state index contributed by atoms with van der Waals surface area (Å²) >= 11 is 1.68. The number of aliphatic hydroxyl groups is 1. The number of aliphatic hydroxyl groups excluding tert-OH is 1. The number of methoxy groups -OCH3 is 1. The van der Waals surface area contributed by atoms with E-state index in [9.17, 15) is 14.7 Å². The summed E-state index contributed by atoms with van der Waals surface area (Å²) in [6, 6.07) is 7.09. The molecule has 8 heteroatoms. The number of rotatable bonds is 5. The van der Waals surface area contributed by atoms with Crippen LogP contribution in [0, 0.1) is 6.92 Å². The summed E-state index contributed by atoms with van der Waals surface area (Å²) in [5.74, 6) is 0.532. The van der Waals surface area contributed by atoms with E-state index in [1.807, 2.05) is 12.1 Å². The Morgan fingerprint density at radius 3 is 2.79 bits per heavy atom. The summed E-state index contributed by atoms with van der Waals surface area (Å²) < 4.78 is 11.4. The van der Waals surface area contributed by atoms with Gasteiger partial charge < -0.3 is 24.8 Å². The highest BCUT2D eigenvalue weighted by molar-refractivity contribution is 7.15. The number of ether oxygens (including phenoxy) is 2. The zero-order chi connectivity index (χ0) is 20.3. The van der Waals surface area contributed by atoms with Crippen LogP contribution in [-0.4, -0.2) is 54.7 Å². The van der Waals surface area contributed by atoms with Crippen molar-refractivity contribution in [2.45, 2.75) is 26.4 Å². The van der Waals surface area contributed by atoms with Gasteiger partial charge in [0.1, 0.15) is 12.6 Å². The summed E-state index contributed by atoms with van der Waals surface area (Å²) in [4.78, 5) is 28.0. The van der Waals surface area contributed by atoms with Gasteiger partial charge in [-0.05, 0) is 36.8 Å². The lowest BCUT2D eigenvalue weighted by Gasteiger charge is -2.25. The van der Waals surface area contributed by atoms with E-state index in [2.05, 4.69) is 24.4 Å². The van der Waals surface area contributed by atoms with Gasteiger partial charge in [0.15, 0.2) is 11.5 Å². The molecule has 28 heavy (non-hydrogen) atoms. The van der Waals surface area contributed by atoms with Gasteiger partial charge in [-0.1, -0.05) is 0 Å². The fraction of sp³-hybridized carbons (Fsp3) is 0.400. The SMILES string of the molecule is COc1cc(-c2ccc(C)s2)cc2c1OCCN(C(=O)[C@@H](CO)NC(C)=O)C2. The first-order valence-corrected chi connectivity index (χ1v) is 9.81. The summed E-state index contributed by atoms with van der Waals surface area (Å²) in [5, 5.41) is 12.0. The predicted molar refractivity (Wildman–Crippen MR) is 107 cm³/mol. The third kappa shape index (κ3) is 4.28. The van der Waals surface area contributed by atoms with Crippen LogP contribution in [0.15, 0.2) is 24.3 Å². The first kappa shape index (κ1) is 20.2. The highest BCUT2D eigenvalue weighted by atomic mass is 32.1. The number of nitrogens with zero attached hydrogens (tertiary/aromatic N) is 1. The molecule has 0 radical (unpaired) electrons. The molecule has 0 fully saturated rings. The topological polar surface area (TPSA) is 88.1 Å². The van der Waals surface area contributed by atoms with Crippen molar-refractivity contribution in [2.75, 3.05) is 26.9 Å². The van der Waals surface area contributed by atoms with Crippen molar-refractivity contribution < 1.29 is 24.2 Å². The molecular weight excluding hydrogens is 380 g/mol. The lowest BCUT2D eigenvalue weighted by Crippen LogP contribution is -2.50. The molecule has 0 spiro atoms. The van der Waals surface area contributed by atoms with Gasteiger partial charge in [0.2, 0.25) is 11.8 Å². The molecule has 1 aromatic carbocycles. The van der Waals surface area contributed by atoms with E-state index in [4.69, 9.17) is 9.47 Å². The maximum absolute atomic E-state index is 12.8. The molecule has 1 aliphatic rings. The van der Waals surface area contributed by atoms with E-state index in [0.29, 0.717) is 31.2 Å². The molecule has 2 amide bonds. The van der Waals surface area contributed by atoms with Crippen LogP contribution in [0.4, 0.5) is 0 Å². The minimum atomic E-state index is -0.968. The zero-order valence-corrected chi connectivity index (χ0v) is 17.0. The molecule has 1 aromatic heterocycles. The van der Waals surface area contributed by atoms with Crippen molar-refractivity contribution in [3.05, 3.63) is 34.7 Å². The number of nitrogens with one attached hydrogen (secondary N) is 1. The second kappa shape index (κ2) is 8.62. The van der Waals surface area contributed by atoms with Crippen LogP contribution < -0.4 is 14.8 Å². The average molecular weight is 404 g/mol. The third-order valence-corrected chi connectivity index (χ3v) is 5.56. The average Bonchev–Trinajstić information content (AvgIpc) is 2.99. The molecule has 1 aliphatic heterocycles. The number of amides is 2. The van der Waals surface area contributed by atoms with Crippen LogP contribution >= 0.6 is 11.3 Å². The summed E-state index contributed by atoms with van der Waals surface area (Å²) in [5.41, 5.74) is 1.82. The number of carbonyl (C=O) groups is 2. The van der Waals surface area contributed by atoms with Gasteiger partial charge in [0.25, 0.3) is 0 Å². The molecule has 2 N–H and O–H groups in total. The van der Waals surface area contributed by atoms with Crippen molar-refractivity contribution in [3.8, 4) is 21.9 Å². The van der Waals surface area contributed by atoms with Crippen LogP contribution in [0.5, 0.6) is 11.5 Å². The monoisotopic (exact) mass is 404 g/mol. The minimum Gasteiger partial charge on any atom is -0.493 e. The standard InChI is InChI=1S/C20H24N2O5S/c1-12-4-5-18(28-12)14-8-15-10-22(20(25)16(11-23)21-13(2)24)6-7-27-19(15)17(9-14)26-3/h4-5,8-9,16,23H,6-7,10-11H2,1-3H3,(H,21,24)/t16-/m1/s1. The number of benzene rings is 1. The summed E-state index contributed by atoms with van der Waals surface area (Å²) in [7, 11) is 1.59. The zero-order valence-electron chi connectivity index (χ0n) is 16.2. The van der Waals surface area contributed by atoms with Gasteiger partial charge >= 0.3 is 0 Å². The molecule has 1 atom stereocenters. The van der Waals surface area contributed by atoms with Crippen LogP contribution in [0.1, 0.15) is 17.4 Å². The second-order valence-corrected chi connectivity index (χ2v) is 7.91. The molecule has 0 saturated carbocycles. The van der Waals surface area contributed by atoms with Crippen LogP contribution in [0.2, 0.25) is 0 Å². The number of hydrogen-bond acceptors (Lipinski definition) is 6. The molecule has 2 aromatic rings. The molecule has 0 unspecified atom stereocenters. The molecule has 3 rings (SSSR count). The summed E-state index contributed by atoms with van der Waals surface area (Å²) in [6.07, 6.45) is 0. The van der Waals surface area contributed by atoms with Crippen LogP contribution in [-0.2, 0) is 16.1 Å². The lowest BCUT2D eigenvalue weighted by atomic mass is 10.1. The first-order chi connectivity index (χ1) is 13.4. The highest BCUT2D eigenvalue weighted by Gasteiger charge is 2.28. The van der Waals surface area contributed by atoms with Crippen molar-refractivity contribution in [1.82, 2.24) is 10.2 Å². The van der Waals surface area contributed by atoms with Crippen LogP contribution in [0.25, 0.3) is 10.4 Å². The number of aryl methyl sites for hydroxylation is 1. The van der Waals surface area contributed by atoms with Crippen molar-refractivity contribution >= 4 is 23.2 Å². The number of thiophene rings is 1. The van der Waals surface area contributed by atoms with Crippen molar-refractivity contribution in [1.29, 1.82) is 0 Å². The van der Waals surface area contributed by atoms with Crippen molar-refractivity contribution in [3.63, 3.8) is 0 Å². The van der Waals surface area contributed by atoms with E-state index in [-0.39, 0.29) is 11.8 Å². The molecule has 0 bridgehead atoms. The van der Waals surface area contributed by atoms with Gasteiger partial charge in [0, 0.05) is 28.8 Å². The van der Waals surface area contributed by atoms with Crippen LogP contribution in [0.3, 0.4) is 0 Å². The van der Waals surface area contributed by atoms with Crippen molar-refractivity contribution in [2.24, 2.45) is 0 Å². The Morgan fingerprint density at radius 1 is 1.39 bits per heavy atom. The normalized spacial score (nSPS) is 14.5. The fourth-order valence-electron chi connectivity index (χ4n) is 3.21. The number of fused-ring (bicyclic) bond motifs is 1. The van der Waals surface area contributed by atoms with E-state index < -0.39 is 12.6 Å². The molecule has 7 nitrogen and oxygen atoms in total. The molecule has 2 heterocycles. The van der Waals surface area contributed by atoms with E-state index in [1.165, 1.54) is 11.8 Å². The Labute approximate surface area is 167 Å². The largest absolute Gasteiger partial charge is 0.493 e. The summed E-state index contributed by atoms with van der Waals surface area (Å²) in [6.45, 7) is 3.86. The Morgan fingerprint density at radius 2 is 2.18 bits per heavy atom.